The number of nitrogens with one attached hydrogen (secondary N) is 1. The Morgan fingerprint density at radius 3 is 2.57 bits per heavy atom. The summed E-state index contributed by atoms with van der Waals surface area (Å²) in [4.78, 5) is 11.6. The van der Waals surface area contributed by atoms with E-state index in [1.807, 2.05) is 0 Å². The molecule has 0 unspecified atom stereocenters. The molecular weight excluding hydrogens is 242 g/mol. The first-order valence-electron chi connectivity index (χ1n) is 5.59. The molecule has 2 nitrogen and oxygen atoms in total. The minimum Gasteiger partial charge on any atom is -0.350 e. The van der Waals surface area contributed by atoms with Crippen molar-refractivity contribution in [1.82, 2.24) is 5.32 Å². The van der Waals surface area contributed by atoms with Crippen LogP contribution >= 0.6 is 15.9 Å². The van der Waals surface area contributed by atoms with Crippen molar-refractivity contribution in [1.29, 1.82) is 0 Å². The molecule has 1 fully saturated rings. The topological polar surface area (TPSA) is 29.1 Å². The molecule has 0 aromatic rings. The molecule has 0 atom stereocenters. The Bertz CT molecular complexity index is 188. The molecule has 0 heterocycles. The molecule has 82 valence electrons. The molecule has 0 bridgehead atoms. The summed E-state index contributed by atoms with van der Waals surface area (Å²) >= 11 is 3.52. The van der Waals surface area contributed by atoms with Crippen LogP contribution in [0.2, 0.25) is 0 Å². The number of alkyl halides is 1. The summed E-state index contributed by atoms with van der Waals surface area (Å²) in [6.45, 7) is 2.11. The van der Waals surface area contributed by atoms with Crippen molar-refractivity contribution in [2.75, 3.05) is 5.33 Å². The highest BCUT2D eigenvalue weighted by Gasteiger charge is 2.33. The Hall–Kier alpha value is -0.0500. The van der Waals surface area contributed by atoms with Gasteiger partial charge < -0.3 is 5.32 Å². The first kappa shape index (κ1) is 12.0. The van der Waals surface area contributed by atoms with E-state index in [1.54, 1.807) is 0 Å². The molecule has 0 spiro atoms. The lowest BCUT2D eigenvalue weighted by molar-refractivity contribution is -0.122. The maximum absolute atomic E-state index is 11.6. The Kier molecular flexibility index (Phi) is 4.93. The molecule has 0 aromatic heterocycles. The van der Waals surface area contributed by atoms with E-state index < -0.39 is 0 Å². The van der Waals surface area contributed by atoms with Crippen molar-refractivity contribution in [3.05, 3.63) is 0 Å². The SMILES string of the molecule is CCCCC(=O)NC1(CBr)CCCC1. The summed E-state index contributed by atoms with van der Waals surface area (Å²) < 4.78 is 0. The lowest BCUT2D eigenvalue weighted by Gasteiger charge is -2.28. The molecular formula is C11H20BrNO. The van der Waals surface area contributed by atoms with Crippen molar-refractivity contribution >= 4 is 21.8 Å². The van der Waals surface area contributed by atoms with Crippen molar-refractivity contribution in [2.45, 2.75) is 57.4 Å². The third-order valence-corrected chi connectivity index (χ3v) is 4.05. The number of amides is 1. The molecule has 1 rings (SSSR count). The maximum atomic E-state index is 11.6. The molecule has 1 amide bonds. The van der Waals surface area contributed by atoms with Gasteiger partial charge in [-0.3, -0.25) is 4.79 Å². The van der Waals surface area contributed by atoms with Crippen LogP contribution in [0.3, 0.4) is 0 Å². The Morgan fingerprint density at radius 1 is 1.43 bits per heavy atom. The Morgan fingerprint density at radius 2 is 2.07 bits per heavy atom. The summed E-state index contributed by atoms with van der Waals surface area (Å²) in [6, 6.07) is 0. The van der Waals surface area contributed by atoms with E-state index in [-0.39, 0.29) is 11.4 Å². The van der Waals surface area contributed by atoms with E-state index in [2.05, 4.69) is 28.2 Å². The van der Waals surface area contributed by atoms with E-state index >= 15 is 0 Å². The molecule has 0 radical (unpaired) electrons. The van der Waals surface area contributed by atoms with E-state index in [1.165, 1.54) is 12.8 Å². The average molecular weight is 262 g/mol. The molecule has 1 aliphatic carbocycles. The van der Waals surface area contributed by atoms with Gasteiger partial charge in [-0.2, -0.15) is 0 Å². The number of hydrogen-bond donors (Lipinski definition) is 1. The summed E-state index contributed by atoms with van der Waals surface area (Å²) in [5.74, 6) is 0.230. The first-order chi connectivity index (χ1) is 6.72. The second-order valence-corrected chi connectivity index (χ2v) is 4.83. The molecule has 1 saturated carbocycles. The van der Waals surface area contributed by atoms with E-state index in [4.69, 9.17) is 0 Å². The van der Waals surface area contributed by atoms with Gasteiger partial charge in [0.1, 0.15) is 0 Å². The second-order valence-electron chi connectivity index (χ2n) is 4.27. The lowest BCUT2D eigenvalue weighted by atomic mass is 10.0. The minimum absolute atomic E-state index is 0.0742. The summed E-state index contributed by atoms with van der Waals surface area (Å²) in [5.41, 5.74) is 0.0742. The predicted molar refractivity (Wildman–Crippen MR) is 62.7 cm³/mol. The van der Waals surface area contributed by atoms with Crippen LogP contribution in [0.15, 0.2) is 0 Å². The number of unbranched alkanes of at least 4 members (excludes halogenated alkanes) is 1. The van der Waals surface area contributed by atoms with Gasteiger partial charge in [-0.15, -0.1) is 0 Å². The van der Waals surface area contributed by atoms with Gasteiger partial charge in [0.05, 0.1) is 0 Å². The molecule has 0 aromatic carbocycles. The van der Waals surface area contributed by atoms with Gasteiger partial charge in [0.2, 0.25) is 5.91 Å². The molecule has 3 heteroatoms. The first-order valence-corrected chi connectivity index (χ1v) is 6.71. The van der Waals surface area contributed by atoms with Gasteiger partial charge in [-0.05, 0) is 19.3 Å². The van der Waals surface area contributed by atoms with Crippen LogP contribution < -0.4 is 5.32 Å². The predicted octanol–water partition coefficient (Wildman–Crippen LogP) is 3.00. The number of halogens is 1. The summed E-state index contributed by atoms with van der Waals surface area (Å²) in [7, 11) is 0. The van der Waals surface area contributed by atoms with Crippen molar-refractivity contribution in [2.24, 2.45) is 0 Å². The smallest absolute Gasteiger partial charge is 0.220 e. The zero-order valence-electron chi connectivity index (χ0n) is 8.94. The fraction of sp³-hybridized carbons (Fsp3) is 0.909. The van der Waals surface area contributed by atoms with Gasteiger partial charge in [-0.1, -0.05) is 42.1 Å². The van der Waals surface area contributed by atoms with Crippen LogP contribution in [0, 0.1) is 0 Å². The largest absolute Gasteiger partial charge is 0.350 e. The van der Waals surface area contributed by atoms with Crippen LogP contribution in [-0.4, -0.2) is 16.8 Å². The fourth-order valence-electron chi connectivity index (χ4n) is 2.04. The normalized spacial score (nSPS) is 19.6. The van der Waals surface area contributed by atoms with Gasteiger partial charge in [0.25, 0.3) is 0 Å². The van der Waals surface area contributed by atoms with Crippen molar-refractivity contribution < 1.29 is 4.79 Å². The molecule has 1 aliphatic rings. The van der Waals surface area contributed by atoms with Crippen molar-refractivity contribution in [3.8, 4) is 0 Å². The van der Waals surface area contributed by atoms with E-state index in [0.717, 1.165) is 31.0 Å². The standard InChI is InChI=1S/C11H20BrNO/c1-2-3-6-10(14)13-11(9-12)7-4-5-8-11/h2-9H2,1H3,(H,13,14). The lowest BCUT2D eigenvalue weighted by Crippen LogP contribution is -2.47. The number of carbonyl (C=O) groups excluding carboxylic acids is 1. The third-order valence-electron chi connectivity index (χ3n) is 2.98. The van der Waals surface area contributed by atoms with E-state index in [9.17, 15) is 4.79 Å². The highest BCUT2D eigenvalue weighted by atomic mass is 79.9. The number of rotatable bonds is 5. The molecule has 1 N–H and O–H groups in total. The number of hydrogen-bond acceptors (Lipinski definition) is 1. The second kappa shape index (κ2) is 5.74. The molecule has 0 saturated heterocycles. The Balaban J connectivity index is 2.36. The van der Waals surface area contributed by atoms with Gasteiger partial charge in [-0.25, -0.2) is 0 Å². The van der Waals surface area contributed by atoms with Crippen LogP contribution in [0.1, 0.15) is 51.9 Å². The zero-order chi connectivity index (χ0) is 10.4. The highest BCUT2D eigenvalue weighted by molar-refractivity contribution is 9.09. The summed E-state index contributed by atoms with van der Waals surface area (Å²) in [6.07, 6.45) is 7.55. The van der Waals surface area contributed by atoms with Gasteiger partial charge in [0.15, 0.2) is 0 Å². The Labute approximate surface area is 95.0 Å². The van der Waals surface area contributed by atoms with Crippen LogP contribution in [0.4, 0.5) is 0 Å². The van der Waals surface area contributed by atoms with Gasteiger partial charge >= 0.3 is 0 Å². The fourth-order valence-corrected chi connectivity index (χ4v) is 2.74. The van der Waals surface area contributed by atoms with Crippen LogP contribution in [0.5, 0.6) is 0 Å². The summed E-state index contributed by atoms with van der Waals surface area (Å²) in [5, 5.41) is 4.09. The van der Waals surface area contributed by atoms with Crippen LogP contribution in [0.25, 0.3) is 0 Å². The van der Waals surface area contributed by atoms with Gasteiger partial charge in [0, 0.05) is 17.3 Å². The maximum Gasteiger partial charge on any atom is 0.220 e. The minimum atomic E-state index is 0.0742. The van der Waals surface area contributed by atoms with Crippen LogP contribution in [-0.2, 0) is 4.79 Å². The zero-order valence-corrected chi connectivity index (χ0v) is 10.5. The van der Waals surface area contributed by atoms with E-state index in [0.29, 0.717) is 6.42 Å². The third kappa shape index (κ3) is 3.26. The monoisotopic (exact) mass is 261 g/mol. The number of carbonyl (C=O) groups is 1. The molecule has 14 heavy (non-hydrogen) atoms. The van der Waals surface area contributed by atoms with Crippen molar-refractivity contribution in [3.63, 3.8) is 0 Å². The highest BCUT2D eigenvalue weighted by Crippen LogP contribution is 2.31. The average Bonchev–Trinajstić information content (AvgIpc) is 2.64. The quantitative estimate of drug-likeness (QED) is 0.758. The molecule has 0 aliphatic heterocycles.